The Morgan fingerprint density at radius 1 is 0.729 bits per heavy atom. The second kappa shape index (κ2) is 20.7. The number of carbonyl (C=O) groups is 1. The molecule has 7 rings (SSSR count). The summed E-state index contributed by atoms with van der Waals surface area (Å²) in [6.45, 7) is 37.5. The van der Waals surface area contributed by atoms with Crippen LogP contribution in [0.25, 0.3) is 0 Å². The zero-order valence-electron chi connectivity index (χ0n) is 45.3. The van der Waals surface area contributed by atoms with Crippen molar-refractivity contribution in [3.63, 3.8) is 0 Å². The van der Waals surface area contributed by atoms with Gasteiger partial charge in [-0.05, 0) is 98.1 Å². The van der Waals surface area contributed by atoms with Crippen LogP contribution in [0.15, 0.2) is 145 Å². The van der Waals surface area contributed by atoms with Crippen LogP contribution in [-0.4, -0.2) is 68.0 Å². The molecule has 2 bridgehead atoms. The summed E-state index contributed by atoms with van der Waals surface area (Å²) in [5.74, 6) is 0.0293. The average Bonchev–Trinajstić information content (AvgIpc) is 3.80. The fourth-order valence-corrected chi connectivity index (χ4v) is 22.8. The molecule has 1 unspecified atom stereocenters. The number of carbonyl (C=O) groups excluding carboxylic acids is 1. The van der Waals surface area contributed by atoms with E-state index in [4.69, 9.17) is 22.8 Å². The van der Waals surface area contributed by atoms with Gasteiger partial charge in [0.1, 0.15) is 5.60 Å². The number of benzene rings is 4. The predicted octanol–water partition coefficient (Wildman–Crippen LogP) is 12.7. The highest BCUT2D eigenvalue weighted by molar-refractivity contribution is 7.00. The minimum absolute atomic E-state index is 0.0325. The van der Waals surface area contributed by atoms with Crippen molar-refractivity contribution in [1.82, 2.24) is 0 Å². The van der Waals surface area contributed by atoms with Gasteiger partial charge < -0.3 is 22.8 Å². The smallest absolute Gasteiger partial charge is 0.303 e. The van der Waals surface area contributed by atoms with E-state index >= 15 is 0 Å². The van der Waals surface area contributed by atoms with E-state index in [0.29, 0.717) is 25.6 Å². The first-order valence-corrected chi connectivity index (χ1v) is 32.9. The van der Waals surface area contributed by atoms with Crippen molar-refractivity contribution in [1.29, 1.82) is 0 Å². The molecule has 2 saturated heterocycles. The number of fused-ring (bicyclic) bond motifs is 2. The lowest BCUT2D eigenvalue weighted by Gasteiger charge is -2.50. The molecule has 4 aromatic carbocycles. The third-order valence-electron chi connectivity index (χ3n) is 17.0. The van der Waals surface area contributed by atoms with Crippen LogP contribution < -0.4 is 20.7 Å². The van der Waals surface area contributed by atoms with E-state index in [9.17, 15) is 4.79 Å². The highest BCUT2D eigenvalue weighted by Gasteiger charge is 2.72. The van der Waals surface area contributed by atoms with Gasteiger partial charge in [0.15, 0.2) is 14.4 Å². The van der Waals surface area contributed by atoms with E-state index in [1.54, 1.807) is 6.92 Å². The topological polar surface area (TPSA) is 63.2 Å². The third-order valence-corrected chi connectivity index (χ3v) is 31.6. The Hall–Kier alpha value is -3.68. The summed E-state index contributed by atoms with van der Waals surface area (Å²) >= 11 is 0. The average molecular weight is 1000 g/mol. The molecule has 1 aliphatic carbocycles. The highest BCUT2D eigenvalue weighted by atomic mass is 28.4. The molecule has 378 valence electrons. The Morgan fingerprint density at radius 2 is 1.20 bits per heavy atom. The van der Waals surface area contributed by atoms with E-state index in [2.05, 4.69) is 223 Å². The quantitative estimate of drug-likeness (QED) is 0.0428. The molecule has 2 aliphatic heterocycles. The van der Waals surface area contributed by atoms with Crippen LogP contribution in [-0.2, 0) is 27.5 Å². The molecule has 0 saturated carbocycles. The van der Waals surface area contributed by atoms with Crippen molar-refractivity contribution >= 4 is 51.7 Å². The van der Waals surface area contributed by atoms with Gasteiger partial charge in [-0.3, -0.25) is 4.79 Å². The molecule has 0 radical (unpaired) electrons. The maximum atomic E-state index is 13.7. The number of esters is 1. The van der Waals surface area contributed by atoms with Crippen LogP contribution in [0, 0.1) is 17.3 Å². The van der Waals surface area contributed by atoms with Crippen LogP contribution in [0.1, 0.15) is 122 Å². The Kier molecular flexibility index (Phi) is 16.0. The third kappa shape index (κ3) is 10.2. The first-order valence-electron chi connectivity index (χ1n) is 26.2. The van der Waals surface area contributed by atoms with Gasteiger partial charge in [0.2, 0.25) is 0 Å². The van der Waals surface area contributed by atoms with Gasteiger partial charge in [0.25, 0.3) is 16.6 Å². The maximum absolute atomic E-state index is 13.7. The molecule has 3 aliphatic rings. The SMILES string of the molecule is C=C[C@H]1C(C)(C)[C@H]2O[C@]1([C@@H](OC(C)=O)C1=C(CO[Si](C)(C)C(C)(C)C)CC(CCCO[Si](c3ccccc3)(c3ccccc3)C(C)(C)C)CC1)C[C@@H]2O[Si](c1ccccc1)(c1ccccc1)C(C)(C)C. The molecule has 70 heavy (non-hydrogen) atoms. The highest BCUT2D eigenvalue weighted by Crippen LogP contribution is 2.63. The molecular formula is C61H86O6Si3. The summed E-state index contributed by atoms with van der Waals surface area (Å²) in [7, 11) is -7.82. The molecule has 0 aromatic heterocycles. The first kappa shape index (κ1) is 54.1. The van der Waals surface area contributed by atoms with Gasteiger partial charge in [0.05, 0.1) is 18.8 Å². The second-order valence-electron chi connectivity index (χ2n) is 25.0. The van der Waals surface area contributed by atoms with E-state index in [1.807, 2.05) is 0 Å². The Bertz CT molecular complexity index is 2340. The van der Waals surface area contributed by atoms with Crippen LogP contribution in [0.4, 0.5) is 0 Å². The first-order chi connectivity index (χ1) is 32.9. The summed E-state index contributed by atoms with van der Waals surface area (Å²) in [5, 5.41) is 4.82. The van der Waals surface area contributed by atoms with E-state index in [0.717, 1.165) is 32.1 Å². The second-order valence-corrected chi connectivity index (χ2v) is 38.3. The van der Waals surface area contributed by atoms with Crippen molar-refractivity contribution in [3.8, 4) is 0 Å². The van der Waals surface area contributed by atoms with Crippen LogP contribution >= 0.6 is 0 Å². The number of hydrogen-bond acceptors (Lipinski definition) is 6. The molecule has 2 fully saturated rings. The number of rotatable bonds is 18. The van der Waals surface area contributed by atoms with Crippen LogP contribution in [0.2, 0.25) is 28.2 Å². The molecule has 9 heteroatoms. The Balaban J connectivity index is 1.25. The van der Waals surface area contributed by atoms with E-state index in [-0.39, 0.29) is 44.6 Å². The minimum atomic E-state index is -2.99. The predicted molar refractivity (Wildman–Crippen MR) is 298 cm³/mol. The summed E-state index contributed by atoms with van der Waals surface area (Å²) in [5.41, 5.74) is 1.18. The number of ether oxygens (including phenoxy) is 2. The van der Waals surface area contributed by atoms with Crippen molar-refractivity contribution < 1.29 is 27.5 Å². The van der Waals surface area contributed by atoms with Gasteiger partial charge in [-0.2, -0.15) is 0 Å². The normalized spacial score (nSPS) is 23.6. The Labute approximate surface area is 426 Å². The van der Waals surface area contributed by atoms with Gasteiger partial charge in [-0.25, -0.2) is 0 Å². The lowest BCUT2D eigenvalue weighted by atomic mass is 9.59. The summed E-state index contributed by atoms with van der Waals surface area (Å²) in [6.07, 6.45) is 6.19. The lowest BCUT2D eigenvalue weighted by Crippen LogP contribution is -2.69. The largest absolute Gasteiger partial charge is 0.455 e. The molecule has 6 atom stereocenters. The fraction of sp³-hybridized carbons (Fsp3) is 0.525. The monoisotopic (exact) mass is 999 g/mol. The lowest BCUT2D eigenvalue weighted by molar-refractivity contribution is -0.161. The molecule has 0 N–H and O–H groups in total. The van der Waals surface area contributed by atoms with Crippen molar-refractivity contribution in [3.05, 3.63) is 145 Å². The van der Waals surface area contributed by atoms with Crippen molar-refractivity contribution in [2.75, 3.05) is 13.2 Å². The maximum Gasteiger partial charge on any atom is 0.303 e. The summed E-state index contributed by atoms with van der Waals surface area (Å²) in [4.78, 5) is 13.7. The Morgan fingerprint density at radius 3 is 1.63 bits per heavy atom. The molecule has 0 spiro atoms. The standard InChI is InChI=1S/C61H86O6Si3/c1-16-54-60(12,13)56-53(67-70(59(9,10)11,50-35-25-19-26-36-50)51-37-27-20-28-38-51)43-61(54,66-56)55(65-45(2)62)52-40-39-46(42-47(52)44-64-68(14,15)57(3,4)5)30-29-41-63-69(58(6,7)8,48-31-21-17-22-32-48)49-33-23-18-24-34-49/h16-28,31-38,46,53-56H,1,29-30,39-44H2,2-15H3/t46?,53-,54-,55-,56-,61+/m0/s1. The molecule has 2 heterocycles. The minimum Gasteiger partial charge on any atom is -0.455 e. The van der Waals surface area contributed by atoms with Crippen molar-refractivity contribution in [2.24, 2.45) is 17.3 Å². The van der Waals surface area contributed by atoms with Gasteiger partial charge >= 0.3 is 5.97 Å². The molecule has 4 aromatic rings. The molecule has 6 nitrogen and oxygen atoms in total. The van der Waals surface area contributed by atoms with Gasteiger partial charge in [-0.15, -0.1) is 6.58 Å². The van der Waals surface area contributed by atoms with Gasteiger partial charge in [-0.1, -0.05) is 204 Å². The zero-order valence-corrected chi connectivity index (χ0v) is 48.3. The molecule has 0 amide bonds. The number of hydrogen-bond donors (Lipinski definition) is 0. The zero-order chi connectivity index (χ0) is 51.0. The summed E-state index contributed by atoms with van der Waals surface area (Å²) < 4.78 is 36.9. The van der Waals surface area contributed by atoms with E-state index in [1.165, 1.54) is 31.9 Å². The van der Waals surface area contributed by atoms with Crippen LogP contribution in [0.3, 0.4) is 0 Å². The van der Waals surface area contributed by atoms with Gasteiger partial charge in [0, 0.05) is 31.3 Å². The summed E-state index contributed by atoms with van der Waals surface area (Å²) in [6, 6.07) is 43.7. The fourth-order valence-electron chi connectivity index (χ4n) is 12.6. The van der Waals surface area contributed by atoms with Crippen molar-refractivity contribution in [2.45, 2.75) is 174 Å². The molecular weight excluding hydrogens is 913 g/mol. The van der Waals surface area contributed by atoms with E-state index < -0.39 is 36.7 Å². The van der Waals surface area contributed by atoms with Crippen LogP contribution in [0.5, 0.6) is 0 Å².